The molecular formula is C24H23N3O3. The highest BCUT2D eigenvalue weighted by molar-refractivity contribution is 6.39. The Balaban J connectivity index is 1.52. The summed E-state index contributed by atoms with van der Waals surface area (Å²) in [5.74, 6) is -0.944. The van der Waals surface area contributed by atoms with Crippen molar-refractivity contribution in [2.45, 2.75) is 20.5 Å². The van der Waals surface area contributed by atoms with E-state index in [0.29, 0.717) is 18.0 Å². The van der Waals surface area contributed by atoms with E-state index in [1.807, 2.05) is 68.4 Å². The zero-order chi connectivity index (χ0) is 21.3. The average molecular weight is 401 g/mol. The van der Waals surface area contributed by atoms with Gasteiger partial charge in [0.05, 0.1) is 6.21 Å². The van der Waals surface area contributed by atoms with Crippen molar-refractivity contribution in [1.29, 1.82) is 0 Å². The zero-order valence-corrected chi connectivity index (χ0v) is 16.9. The van der Waals surface area contributed by atoms with Gasteiger partial charge in [-0.1, -0.05) is 48.5 Å². The highest BCUT2D eigenvalue weighted by atomic mass is 16.5. The number of rotatable bonds is 6. The second-order valence-electron chi connectivity index (χ2n) is 6.88. The van der Waals surface area contributed by atoms with Crippen LogP contribution in [-0.4, -0.2) is 18.0 Å². The largest absolute Gasteiger partial charge is 0.489 e. The van der Waals surface area contributed by atoms with Gasteiger partial charge in [-0.25, -0.2) is 5.43 Å². The van der Waals surface area contributed by atoms with Gasteiger partial charge in [-0.05, 0) is 60.4 Å². The highest BCUT2D eigenvalue weighted by Gasteiger charge is 2.13. The van der Waals surface area contributed by atoms with Crippen molar-refractivity contribution in [2.75, 3.05) is 5.32 Å². The predicted molar refractivity (Wildman–Crippen MR) is 117 cm³/mol. The number of nitrogens with one attached hydrogen (secondary N) is 2. The van der Waals surface area contributed by atoms with Crippen LogP contribution in [0.3, 0.4) is 0 Å². The van der Waals surface area contributed by atoms with E-state index in [0.717, 1.165) is 22.3 Å². The predicted octanol–water partition coefficient (Wildman–Crippen LogP) is 3.97. The molecule has 0 aromatic heterocycles. The Hall–Kier alpha value is -3.93. The van der Waals surface area contributed by atoms with Gasteiger partial charge in [0, 0.05) is 5.69 Å². The second-order valence-corrected chi connectivity index (χ2v) is 6.88. The van der Waals surface area contributed by atoms with Crippen LogP contribution in [-0.2, 0) is 16.2 Å². The topological polar surface area (TPSA) is 79.8 Å². The zero-order valence-electron chi connectivity index (χ0n) is 16.9. The van der Waals surface area contributed by atoms with Gasteiger partial charge < -0.3 is 10.1 Å². The molecule has 0 saturated heterocycles. The number of benzene rings is 3. The Morgan fingerprint density at radius 1 is 0.900 bits per heavy atom. The van der Waals surface area contributed by atoms with Gasteiger partial charge in [0.2, 0.25) is 0 Å². The first-order chi connectivity index (χ1) is 14.5. The normalized spacial score (nSPS) is 10.6. The van der Waals surface area contributed by atoms with Crippen LogP contribution in [0, 0.1) is 13.8 Å². The monoisotopic (exact) mass is 401 g/mol. The molecule has 3 rings (SSSR count). The Morgan fingerprint density at radius 2 is 1.63 bits per heavy atom. The summed E-state index contributed by atoms with van der Waals surface area (Å²) in [6, 6.07) is 22.7. The summed E-state index contributed by atoms with van der Waals surface area (Å²) in [6.07, 6.45) is 1.46. The Morgan fingerprint density at radius 3 is 2.37 bits per heavy atom. The van der Waals surface area contributed by atoms with Gasteiger partial charge in [0.1, 0.15) is 12.4 Å². The molecular weight excluding hydrogens is 378 g/mol. The van der Waals surface area contributed by atoms with Gasteiger partial charge in [0.15, 0.2) is 0 Å². The van der Waals surface area contributed by atoms with E-state index in [2.05, 4.69) is 15.8 Å². The third-order valence-electron chi connectivity index (χ3n) is 4.17. The Labute approximate surface area is 175 Å². The summed E-state index contributed by atoms with van der Waals surface area (Å²) >= 11 is 0. The SMILES string of the molecule is Cc1cc(C)cc(NC(=O)C(=O)N/N=C/c2cccc(OCc3ccccc3)c2)c1. The van der Waals surface area contributed by atoms with Crippen LogP contribution in [0.5, 0.6) is 5.75 Å². The number of hydrogen-bond acceptors (Lipinski definition) is 4. The molecule has 3 aromatic carbocycles. The molecule has 0 heterocycles. The summed E-state index contributed by atoms with van der Waals surface area (Å²) in [7, 11) is 0. The fourth-order valence-electron chi connectivity index (χ4n) is 2.88. The highest BCUT2D eigenvalue weighted by Crippen LogP contribution is 2.15. The lowest BCUT2D eigenvalue weighted by Gasteiger charge is -2.07. The van der Waals surface area contributed by atoms with Crippen molar-refractivity contribution >= 4 is 23.7 Å². The molecule has 0 saturated carbocycles. The quantitative estimate of drug-likeness (QED) is 0.373. The molecule has 0 radical (unpaired) electrons. The number of carbonyl (C=O) groups is 2. The summed E-state index contributed by atoms with van der Waals surface area (Å²) in [4.78, 5) is 24.0. The average Bonchev–Trinajstić information content (AvgIpc) is 2.72. The van der Waals surface area contributed by atoms with Crippen LogP contribution in [0.15, 0.2) is 77.9 Å². The molecule has 2 amide bonds. The summed E-state index contributed by atoms with van der Waals surface area (Å²) < 4.78 is 5.77. The summed E-state index contributed by atoms with van der Waals surface area (Å²) in [6.45, 7) is 4.30. The maximum atomic E-state index is 12.0. The maximum Gasteiger partial charge on any atom is 0.329 e. The number of hydrogen-bond donors (Lipinski definition) is 2. The van der Waals surface area contributed by atoms with E-state index < -0.39 is 11.8 Å². The van der Waals surface area contributed by atoms with Crippen molar-refractivity contribution in [3.63, 3.8) is 0 Å². The van der Waals surface area contributed by atoms with Crippen LogP contribution in [0.4, 0.5) is 5.69 Å². The first kappa shape index (κ1) is 20.8. The lowest BCUT2D eigenvalue weighted by molar-refractivity contribution is -0.136. The molecule has 0 bridgehead atoms. The number of anilines is 1. The van der Waals surface area contributed by atoms with Crippen LogP contribution < -0.4 is 15.5 Å². The number of nitrogens with zero attached hydrogens (tertiary/aromatic N) is 1. The van der Waals surface area contributed by atoms with E-state index in [1.165, 1.54) is 6.21 Å². The number of ether oxygens (including phenoxy) is 1. The number of carbonyl (C=O) groups excluding carboxylic acids is 2. The molecule has 152 valence electrons. The maximum absolute atomic E-state index is 12.0. The van der Waals surface area contributed by atoms with E-state index in [4.69, 9.17) is 4.74 Å². The molecule has 0 atom stereocenters. The smallest absolute Gasteiger partial charge is 0.329 e. The molecule has 6 heteroatoms. The lowest BCUT2D eigenvalue weighted by Crippen LogP contribution is -2.32. The third-order valence-corrected chi connectivity index (χ3v) is 4.17. The molecule has 0 unspecified atom stereocenters. The van der Waals surface area contributed by atoms with Crippen LogP contribution in [0.25, 0.3) is 0 Å². The van der Waals surface area contributed by atoms with E-state index >= 15 is 0 Å². The fraction of sp³-hybridized carbons (Fsp3) is 0.125. The second kappa shape index (κ2) is 10.0. The molecule has 0 spiro atoms. The van der Waals surface area contributed by atoms with Gasteiger partial charge in [-0.2, -0.15) is 5.10 Å². The first-order valence-corrected chi connectivity index (χ1v) is 9.49. The number of hydrazone groups is 1. The van der Waals surface area contributed by atoms with Crippen molar-refractivity contribution < 1.29 is 14.3 Å². The van der Waals surface area contributed by atoms with Crippen molar-refractivity contribution in [2.24, 2.45) is 5.10 Å². The van der Waals surface area contributed by atoms with Crippen molar-refractivity contribution in [3.8, 4) is 5.75 Å². The van der Waals surface area contributed by atoms with Gasteiger partial charge >= 0.3 is 11.8 Å². The minimum Gasteiger partial charge on any atom is -0.489 e. The van der Waals surface area contributed by atoms with Gasteiger partial charge in [-0.3, -0.25) is 9.59 Å². The van der Waals surface area contributed by atoms with Gasteiger partial charge in [-0.15, -0.1) is 0 Å². The van der Waals surface area contributed by atoms with Crippen LogP contribution in [0.1, 0.15) is 22.3 Å². The van der Waals surface area contributed by atoms with E-state index in [1.54, 1.807) is 18.2 Å². The summed E-state index contributed by atoms with van der Waals surface area (Å²) in [5, 5.41) is 6.43. The summed E-state index contributed by atoms with van der Waals surface area (Å²) in [5.41, 5.74) is 6.60. The molecule has 3 aromatic rings. The Bertz CT molecular complexity index is 1040. The van der Waals surface area contributed by atoms with Gasteiger partial charge in [0.25, 0.3) is 0 Å². The number of amides is 2. The van der Waals surface area contributed by atoms with Crippen LogP contribution >= 0.6 is 0 Å². The number of aryl methyl sites for hydroxylation is 2. The lowest BCUT2D eigenvalue weighted by atomic mass is 10.1. The first-order valence-electron chi connectivity index (χ1n) is 9.49. The van der Waals surface area contributed by atoms with Crippen LogP contribution in [0.2, 0.25) is 0 Å². The molecule has 0 fully saturated rings. The molecule has 0 aliphatic heterocycles. The minimum atomic E-state index is -0.845. The van der Waals surface area contributed by atoms with E-state index in [-0.39, 0.29) is 0 Å². The molecule has 0 aliphatic rings. The van der Waals surface area contributed by atoms with Crippen molar-refractivity contribution in [3.05, 3.63) is 95.1 Å². The molecule has 30 heavy (non-hydrogen) atoms. The third kappa shape index (κ3) is 6.31. The standard InChI is InChI=1S/C24H23N3O3/c1-17-11-18(2)13-21(12-17)26-23(28)24(29)27-25-15-20-9-6-10-22(14-20)30-16-19-7-4-3-5-8-19/h3-15H,16H2,1-2H3,(H,26,28)(H,27,29)/b25-15+. The van der Waals surface area contributed by atoms with E-state index in [9.17, 15) is 9.59 Å². The molecule has 2 N–H and O–H groups in total. The molecule has 6 nitrogen and oxygen atoms in total. The molecule has 0 aliphatic carbocycles. The minimum absolute atomic E-state index is 0.455. The fourth-order valence-corrected chi connectivity index (χ4v) is 2.88. The Kier molecular flexibility index (Phi) is 6.95. The van der Waals surface area contributed by atoms with Crippen molar-refractivity contribution in [1.82, 2.24) is 5.43 Å².